The zero-order valence-corrected chi connectivity index (χ0v) is 19.9. The monoisotopic (exact) mass is 382 g/mol. The molecule has 1 N–H and O–H groups in total. The van der Waals surface area contributed by atoms with Gasteiger partial charge in [0.1, 0.15) is 5.75 Å². The minimum absolute atomic E-state index is 0.0352. The Kier molecular flexibility index (Phi) is 6.77. The van der Waals surface area contributed by atoms with Crippen molar-refractivity contribution in [3.05, 3.63) is 29.3 Å². The molecule has 0 bridgehead atoms. The van der Waals surface area contributed by atoms with Crippen LogP contribution < -0.4 is 4.43 Å². The number of rotatable bonds is 6. The molecule has 0 spiro atoms. The van der Waals surface area contributed by atoms with Crippen molar-refractivity contribution in [2.75, 3.05) is 0 Å². The lowest BCUT2D eigenvalue weighted by Crippen LogP contribution is -2.44. The summed E-state index contributed by atoms with van der Waals surface area (Å²) in [4.78, 5) is 0. The van der Waals surface area contributed by atoms with E-state index >= 15 is 0 Å². The van der Waals surface area contributed by atoms with Gasteiger partial charge in [0.2, 0.25) is 8.32 Å². The Labute approximate surface area is 157 Å². The highest BCUT2D eigenvalue weighted by Gasteiger charge is 2.40. The van der Waals surface area contributed by atoms with Crippen molar-refractivity contribution in [3.63, 3.8) is 0 Å². The van der Waals surface area contributed by atoms with Crippen LogP contribution in [0, 0.1) is 0 Å². The standard InChI is InChI=1S/C20H38O3Si2/c1-19(2,3)24(7,8)22-15-17-13-16(14-21)11-12-18(17)23-25(9,10)20(4,5)6/h11-13,21H,14-15H2,1-10H3. The smallest absolute Gasteiger partial charge is 0.250 e. The highest BCUT2D eigenvalue weighted by atomic mass is 28.4. The summed E-state index contributed by atoms with van der Waals surface area (Å²) in [6.45, 7) is 23.1. The molecule has 0 aliphatic rings. The molecule has 1 rings (SSSR count). The van der Waals surface area contributed by atoms with E-state index in [9.17, 15) is 5.11 Å². The van der Waals surface area contributed by atoms with E-state index in [4.69, 9.17) is 8.85 Å². The van der Waals surface area contributed by atoms with E-state index in [2.05, 4.69) is 67.7 Å². The highest BCUT2D eigenvalue weighted by molar-refractivity contribution is 6.75. The van der Waals surface area contributed by atoms with Gasteiger partial charge in [-0.25, -0.2) is 0 Å². The Hall–Kier alpha value is -0.626. The maximum absolute atomic E-state index is 9.51. The summed E-state index contributed by atoms with van der Waals surface area (Å²) in [6, 6.07) is 5.96. The summed E-state index contributed by atoms with van der Waals surface area (Å²) in [6.07, 6.45) is 0. The van der Waals surface area contributed by atoms with E-state index in [1.54, 1.807) is 0 Å². The molecule has 3 nitrogen and oxygen atoms in total. The molecule has 0 saturated carbocycles. The molecule has 144 valence electrons. The lowest BCUT2D eigenvalue weighted by molar-refractivity contribution is 0.269. The molecule has 0 aromatic heterocycles. The fourth-order valence-electron chi connectivity index (χ4n) is 1.85. The molecule has 1 aromatic carbocycles. The van der Waals surface area contributed by atoms with Crippen LogP contribution in [0.2, 0.25) is 36.3 Å². The third kappa shape index (κ3) is 5.68. The predicted molar refractivity (Wildman–Crippen MR) is 112 cm³/mol. The number of aliphatic hydroxyl groups is 1. The molecule has 0 fully saturated rings. The van der Waals surface area contributed by atoms with E-state index < -0.39 is 16.6 Å². The number of aliphatic hydroxyl groups excluding tert-OH is 1. The lowest BCUT2D eigenvalue weighted by Gasteiger charge is -2.38. The second kappa shape index (κ2) is 7.55. The number of hydrogen-bond donors (Lipinski definition) is 1. The lowest BCUT2D eigenvalue weighted by atomic mass is 10.1. The Balaban J connectivity index is 3.13. The first-order valence-electron chi connectivity index (χ1n) is 9.16. The molecule has 0 amide bonds. The molecule has 0 saturated heterocycles. The third-order valence-electron chi connectivity index (χ3n) is 5.87. The predicted octanol–water partition coefficient (Wildman–Crippen LogP) is 6.08. The Morgan fingerprint density at radius 1 is 0.880 bits per heavy atom. The van der Waals surface area contributed by atoms with Crippen LogP contribution in [0.25, 0.3) is 0 Å². The van der Waals surface area contributed by atoms with E-state index in [0.717, 1.165) is 16.9 Å². The molecule has 25 heavy (non-hydrogen) atoms. The van der Waals surface area contributed by atoms with Gasteiger partial charge in [-0.05, 0) is 54.0 Å². The van der Waals surface area contributed by atoms with Gasteiger partial charge >= 0.3 is 0 Å². The van der Waals surface area contributed by atoms with Crippen LogP contribution >= 0.6 is 0 Å². The summed E-state index contributed by atoms with van der Waals surface area (Å²) in [5, 5.41) is 9.82. The van der Waals surface area contributed by atoms with Crippen LogP contribution in [0.4, 0.5) is 0 Å². The summed E-state index contributed by atoms with van der Waals surface area (Å²) < 4.78 is 13.0. The van der Waals surface area contributed by atoms with Gasteiger partial charge in [0.05, 0.1) is 13.2 Å². The summed E-state index contributed by atoms with van der Waals surface area (Å²) in [7, 11) is -3.76. The average Bonchev–Trinajstić information content (AvgIpc) is 2.43. The van der Waals surface area contributed by atoms with Crippen LogP contribution in [-0.2, 0) is 17.6 Å². The Bertz CT molecular complexity index is 582. The van der Waals surface area contributed by atoms with Crippen molar-refractivity contribution in [1.29, 1.82) is 0 Å². The van der Waals surface area contributed by atoms with Crippen LogP contribution in [0.3, 0.4) is 0 Å². The van der Waals surface area contributed by atoms with Gasteiger partial charge < -0.3 is 14.0 Å². The van der Waals surface area contributed by atoms with Crippen LogP contribution in [-0.4, -0.2) is 21.7 Å². The van der Waals surface area contributed by atoms with E-state index in [-0.39, 0.29) is 16.7 Å². The molecule has 0 atom stereocenters. The largest absolute Gasteiger partial charge is 0.543 e. The van der Waals surface area contributed by atoms with Gasteiger partial charge in [0.25, 0.3) is 0 Å². The molecular formula is C20H38O3Si2. The van der Waals surface area contributed by atoms with Crippen LogP contribution in [0.5, 0.6) is 5.75 Å². The second-order valence-corrected chi connectivity index (χ2v) is 19.5. The van der Waals surface area contributed by atoms with Crippen molar-refractivity contribution in [1.82, 2.24) is 0 Å². The number of hydrogen-bond acceptors (Lipinski definition) is 3. The maximum Gasteiger partial charge on any atom is 0.250 e. The molecule has 0 radical (unpaired) electrons. The molecule has 0 aliphatic heterocycles. The minimum atomic E-state index is -1.92. The molecule has 0 heterocycles. The molecule has 5 heteroatoms. The van der Waals surface area contributed by atoms with E-state index in [0.29, 0.717) is 6.61 Å². The highest BCUT2D eigenvalue weighted by Crippen LogP contribution is 2.40. The zero-order chi connectivity index (χ0) is 19.7. The van der Waals surface area contributed by atoms with Gasteiger partial charge in [-0.15, -0.1) is 0 Å². The van der Waals surface area contributed by atoms with Gasteiger partial charge in [0, 0.05) is 5.56 Å². The fraction of sp³-hybridized carbons (Fsp3) is 0.700. The SMILES string of the molecule is CC(C)(C)[Si](C)(C)OCc1cc(CO)ccc1O[Si](C)(C)C(C)(C)C. The molecule has 0 unspecified atom stereocenters. The summed E-state index contributed by atoms with van der Waals surface area (Å²) in [5.74, 6) is 0.905. The first-order chi connectivity index (χ1) is 11.1. The van der Waals surface area contributed by atoms with Crippen molar-refractivity contribution < 1.29 is 14.0 Å². The molecule has 1 aromatic rings. The topological polar surface area (TPSA) is 38.7 Å². The van der Waals surface area contributed by atoms with Gasteiger partial charge in [0.15, 0.2) is 8.32 Å². The Morgan fingerprint density at radius 3 is 1.84 bits per heavy atom. The van der Waals surface area contributed by atoms with Gasteiger partial charge in [-0.1, -0.05) is 47.6 Å². The van der Waals surface area contributed by atoms with Crippen molar-refractivity contribution >= 4 is 16.6 Å². The summed E-state index contributed by atoms with van der Waals surface area (Å²) >= 11 is 0. The van der Waals surface area contributed by atoms with Gasteiger partial charge in [-0.2, -0.15) is 0 Å². The molecular weight excluding hydrogens is 344 g/mol. The van der Waals surface area contributed by atoms with E-state index in [1.807, 2.05) is 18.2 Å². The van der Waals surface area contributed by atoms with Crippen molar-refractivity contribution in [3.8, 4) is 5.75 Å². The first kappa shape index (κ1) is 22.4. The third-order valence-corrected chi connectivity index (χ3v) is 14.7. The van der Waals surface area contributed by atoms with E-state index in [1.165, 1.54) is 0 Å². The quantitative estimate of drug-likeness (QED) is 0.605. The van der Waals surface area contributed by atoms with Gasteiger partial charge in [-0.3, -0.25) is 0 Å². The van der Waals surface area contributed by atoms with Crippen LogP contribution in [0.15, 0.2) is 18.2 Å². The first-order valence-corrected chi connectivity index (χ1v) is 15.0. The summed E-state index contributed by atoms with van der Waals surface area (Å²) in [5.41, 5.74) is 1.94. The zero-order valence-electron chi connectivity index (χ0n) is 17.9. The van der Waals surface area contributed by atoms with Crippen molar-refractivity contribution in [2.45, 2.75) is 91.0 Å². The minimum Gasteiger partial charge on any atom is -0.543 e. The van der Waals surface area contributed by atoms with Crippen molar-refractivity contribution in [2.24, 2.45) is 0 Å². The number of benzene rings is 1. The Morgan fingerprint density at radius 2 is 1.40 bits per heavy atom. The second-order valence-electron chi connectivity index (χ2n) is 10.0. The molecule has 0 aliphatic carbocycles. The fourth-order valence-corrected chi connectivity index (χ4v) is 3.85. The normalized spacial score (nSPS) is 13.9. The maximum atomic E-state index is 9.51. The van der Waals surface area contributed by atoms with Crippen LogP contribution in [0.1, 0.15) is 52.7 Å². The average molecular weight is 383 g/mol.